The standard InChI is InChI=1S/C13H21ClN2S/c1-10(11-5-7-16(2)8-6-11)15-9-12-3-4-13(14)17-12/h3-4,10-11,15H,5-9H2,1-2H3. The Balaban J connectivity index is 1.75. The fraction of sp³-hybridized carbons (Fsp3) is 0.692. The van der Waals surface area contributed by atoms with E-state index in [1.54, 1.807) is 11.3 Å². The van der Waals surface area contributed by atoms with Crippen molar-refractivity contribution in [2.75, 3.05) is 20.1 Å². The number of hydrogen-bond acceptors (Lipinski definition) is 3. The van der Waals surface area contributed by atoms with Crippen LogP contribution in [0.4, 0.5) is 0 Å². The second kappa shape index (κ2) is 6.19. The van der Waals surface area contributed by atoms with Crippen LogP contribution < -0.4 is 5.32 Å². The third-order valence-electron chi connectivity index (χ3n) is 3.70. The molecule has 0 saturated carbocycles. The van der Waals surface area contributed by atoms with E-state index in [2.05, 4.69) is 30.3 Å². The fourth-order valence-electron chi connectivity index (χ4n) is 2.40. The van der Waals surface area contributed by atoms with E-state index in [0.717, 1.165) is 16.8 Å². The third kappa shape index (κ3) is 3.95. The number of likely N-dealkylation sites (tertiary alicyclic amines) is 1. The molecule has 2 nitrogen and oxygen atoms in total. The first-order chi connectivity index (χ1) is 8.15. The molecule has 0 radical (unpaired) electrons. The monoisotopic (exact) mass is 272 g/mol. The predicted molar refractivity (Wildman–Crippen MR) is 75.9 cm³/mol. The molecule has 1 saturated heterocycles. The van der Waals surface area contributed by atoms with E-state index in [-0.39, 0.29) is 0 Å². The van der Waals surface area contributed by atoms with Gasteiger partial charge < -0.3 is 10.2 Å². The minimum atomic E-state index is 0.601. The summed E-state index contributed by atoms with van der Waals surface area (Å²) in [6.45, 7) is 5.74. The van der Waals surface area contributed by atoms with Gasteiger partial charge in [0.2, 0.25) is 0 Å². The zero-order chi connectivity index (χ0) is 12.3. The quantitative estimate of drug-likeness (QED) is 0.905. The van der Waals surface area contributed by atoms with E-state index in [9.17, 15) is 0 Å². The van der Waals surface area contributed by atoms with E-state index in [0.29, 0.717) is 6.04 Å². The van der Waals surface area contributed by atoms with Gasteiger partial charge in [-0.25, -0.2) is 0 Å². The molecule has 0 bridgehead atoms. The lowest BCUT2D eigenvalue weighted by molar-refractivity contribution is 0.189. The van der Waals surface area contributed by atoms with Crippen molar-refractivity contribution >= 4 is 22.9 Å². The molecule has 1 aliphatic heterocycles. The van der Waals surface area contributed by atoms with Gasteiger partial charge in [-0.05, 0) is 58.0 Å². The summed E-state index contributed by atoms with van der Waals surface area (Å²) in [4.78, 5) is 3.75. The maximum Gasteiger partial charge on any atom is 0.0931 e. The molecule has 0 amide bonds. The van der Waals surface area contributed by atoms with Gasteiger partial charge in [0.1, 0.15) is 0 Å². The molecule has 2 heterocycles. The maximum absolute atomic E-state index is 5.93. The lowest BCUT2D eigenvalue weighted by atomic mass is 9.90. The van der Waals surface area contributed by atoms with Gasteiger partial charge in [-0.3, -0.25) is 0 Å². The molecule has 0 aromatic carbocycles. The molecule has 1 atom stereocenters. The van der Waals surface area contributed by atoms with Crippen LogP contribution in [0.3, 0.4) is 0 Å². The van der Waals surface area contributed by atoms with Crippen LogP contribution in [0.25, 0.3) is 0 Å². The van der Waals surface area contributed by atoms with Gasteiger partial charge >= 0.3 is 0 Å². The Morgan fingerprint density at radius 2 is 2.18 bits per heavy atom. The van der Waals surface area contributed by atoms with Crippen molar-refractivity contribution in [3.05, 3.63) is 21.3 Å². The van der Waals surface area contributed by atoms with Gasteiger partial charge in [-0.2, -0.15) is 0 Å². The molecular formula is C13H21ClN2S. The molecule has 2 rings (SSSR count). The summed E-state index contributed by atoms with van der Waals surface area (Å²) < 4.78 is 0.883. The second-order valence-corrected chi connectivity index (χ2v) is 6.82. The van der Waals surface area contributed by atoms with Gasteiger partial charge in [-0.1, -0.05) is 11.6 Å². The summed E-state index contributed by atoms with van der Waals surface area (Å²) in [7, 11) is 2.21. The molecule has 1 unspecified atom stereocenters. The van der Waals surface area contributed by atoms with Gasteiger partial charge in [0, 0.05) is 17.5 Å². The first kappa shape index (κ1) is 13.3. The highest BCUT2D eigenvalue weighted by Gasteiger charge is 2.21. The molecule has 1 N–H and O–H groups in total. The molecule has 96 valence electrons. The highest BCUT2D eigenvalue weighted by Crippen LogP contribution is 2.23. The van der Waals surface area contributed by atoms with Crippen LogP contribution in [0.15, 0.2) is 12.1 Å². The first-order valence-corrected chi connectivity index (χ1v) is 7.51. The number of hydrogen-bond donors (Lipinski definition) is 1. The Hall–Kier alpha value is -0.0900. The van der Waals surface area contributed by atoms with E-state index >= 15 is 0 Å². The Labute approximate surface area is 113 Å². The average Bonchev–Trinajstić information content (AvgIpc) is 2.73. The zero-order valence-corrected chi connectivity index (χ0v) is 12.2. The number of piperidine rings is 1. The molecule has 17 heavy (non-hydrogen) atoms. The van der Waals surface area contributed by atoms with Crippen LogP contribution >= 0.6 is 22.9 Å². The molecule has 1 fully saturated rings. The molecule has 1 aliphatic rings. The van der Waals surface area contributed by atoms with Crippen LogP contribution in [0.1, 0.15) is 24.6 Å². The Morgan fingerprint density at radius 3 is 2.76 bits per heavy atom. The predicted octanol–water partition coefficient (Wildman–Crippen LogP) is 3.22. The minimum absolute atomic E-state index is 0.601. The number of nitrogens with zero attached hydrogens (tertiary/aromatic N) is 1. The van der Waals surface area contributed by atoms with Crippen molar-refractivity contribution in [1.29, 1.82) is 0 Å². The Bertz CT molecular complexity index is 345. The summed E-state index contributed by atoms with van der Waals surface area (Å²) in [6.07, 6.45) is 2.63. The minimum Gasteiger partial charge on any atom is -0.309 e. The molecule has 4 heteroatoms. The van der Waals surface area contributed by atoms with E-state index in [4.69, 9.17) is 11.6 Å². The summed E-state index contributed by atoms with van der Waals surface area (Å²) in [5, 5.41) is 3.63. The maximum atomic E-state index is 5.93. The highest BCUT2D eigenvalue weighted by atomic mass is 35.5. The second-order valence-electron chi connectivity index (χ2n) is 5.02. The zero-order valence-electron chi connectivity index (χ0n) is 10.6. The average molecular weight is 273 g/mol. The van der Waals surface area contributed by atoms with Gasteiger partial charge in [0.15, 0.2) is 0 Å². The van der Waals surface area contributed by atoms with Crippen LogP contribution in [-0.2, 0) is 6.54 Å². The lowest BCUT2D eigenvalue weighted by Crippen LogP contribution is -2.40. The summed E-state index contributed by atoms with van der Waals surface area (Å²) in [6, 6.07) is 4.69. The number of rotatable bonds is 4. The van der Waals surface area contributed by atoms with Crippen molar-refractivity contribution in [3.8, 4) is 0 Å². The van der Waals surface area contributed by atoms with Crippen LogP contribution in [0.5, 0.6) is 0 Å². The normalized spacial score (nSPS) is 20.6. The van der Waals surface area contributed by atoms with Crippen molar-refractivity contribution in [2.45, 2.75) is 32.4 Å². The van der Waals surface area contributed by atoms with Crippen molar-refractivity contribution < 1.29 is 0 Å². The molecule has 0 aliphatic carbocycles. The molecule has 0 spiro atoms. The first-order valence-electron chi connectivity index (χ1n) is 6.31. The summed E-state index contributed by atoms with van der Waals surface area (Å²) in [5.41, 5.74) is 0. The Kier molecular flexibility index (Phi) is 4.86. The SMILES string of the molecule is CC(NCc1ccc(Cl)s1)C1CCN(C)CC1. The fourth-order valence-corrected chi connectivity index (χ4v) is 3.44. The lowest BCUT2D eigenvalue weighted by Gasteiger charge is -2.33. The van der Waals surface area contributed by atoms with Gasteiger partial charge in [0.05, 0.1) is 4.34 Å². The van der Waals surface area contributed by atoms with E-state index < -0.39 is 0 Å². The molecular weight excluding hydrogens is 252 g/mol. The number of thiophene rings is 1. The van der Waals surface area contributed by atoms with Crippen molar-refractivity contribution in [1.82, 2.24) is 10.2 Å². The molecule has 1 aromatic rings. The molecule has 1 aromatic heterocycles. The largest absolute Gasteiger partial charge is 0.309 e. The van der Waals surface area contributed by atoms with Gasteiger partial charge in [-0.15, -0.1) is 11.3 Å². The Morgan fingerprint density at radius 1 is 1.47 bits per heavy atom. The van der Waals surface area contributed by atoms with Crippen molar-refractivity contribution in [2.24, 2.45) is 5.92 Å². The third-order valence-corrected chi connectivity index (χ3v) is 4.93. The highest BCUT2D eigenvalue weighted by molar-refractivity contribution is 7.16. The summed E-state index contributed by atoms with van der Waals surface area (Å²) in [5.74, 6) is 0.821. The van der Waals surface area contributed by atoms with Crippen LogP contribution in [-0.4, -0.2) is 31.1 Å². The van der Waals surface area contributed by atoms with E-state index in [1.807, 2.05) is 6.07 Å². The van der Waals surface area contributed by atoms with Crippen LogP contribution in [0.2, 0.25) is 4.34 Å². The smallest absolute Gasteiger partial charge is 0.0931 e. The number of halogens is 1. The number of nitrogens with one attached hydrogen (secondary N) is 1. The van der Waals surface area contributed by atoms with Gasteiger partial charge in [0.25, 0.3) is 0 Å². The van der Waals surface area contributed by atoms with Crippen LogP contribution in [0, 0.1) is 5.92 Å². The van der Waals surface area contributed by atoms with E-state index in [1.165, 1.54) is 30.8 Å². The topological polar surface area (TPSA) is 15.3 Å². The summed E-state index contributed by atoms with van der Waals surface area (Å²) >= 11 is 7.60. The van der Waals surface area contributed by atoms with Crippen molar-refractivity contribution in [3.63, 3.8) is 0 Å².